The maximum atomic E-state index is 5.72. The molecule has 1 aliphatic heterocycles. The molecule has 0 unspecified atom stereocenters. The Kier molecular flexibility index (Phi) is 7.05. The number of benzene rings is 2. The lowest BCUT2D eigenvalue weighted by Gasteiger charge is -2.28. The summed E-state index contributed by atoms with van der Waals surface area (Å²) < 4.78 is 6.77. The molecule has 4 aromatic rings. The molecular formula is C28H34N5OPS. The lowest BCUT2D eigenvalue weighted by atomic mass is 10.1. The average molecular weight is 520 g/mol. The first-order chi connectivity index (χ1) is 17.4. The van der Waals surface area contributed by atoms with Gasteiger partial charge in [0.05, 0.1) is 23.0 Å². The van der Waals surface area contributed by atoms with E-state index in [1.54, 1.807) is 18.4 Å². The summed E-state index contributed by atoms with van der Waals surface area (Å²) in [5.74, 6) is 2.18. The fourth-order valence-corrected chi connectivity index (χ4v) is 8.80. The van der Waals surface area contributed by atoms with Crippen molar-refractivity contribution < 1.29 is 4.74 Å². The van der Waals surface area contributed by atoms with Crippen molar-refractivity contribution in [3.63, 3.8) is 0 Å². The molecule has 0 atom stereocenters. The number of methoxy groups -OCH3 is 1. The van der Waals surface area contributed by atoms with E-state index in [1.807, 2.05) is 6.07 Å². The van der Waals surface area contributed by atoms with Gasteiger partial charge >= 0.3 is 0 Å². The topological polar surface area (TPSA) is 62.3 Å². The predicted octanol–water partition coefficient (Wildman–Crippen LogP) is 7.10. The Morgan fingerprint density at radius 3 is 2.53 bits per heavy atom. The predicted molar refractivity (Wildman–Crippen MR) is 157 cm³/mol. The number of aromatic nitrogens is 2. The number of anilines is 5. The quantitative estimate of drug-likeness (QED) is 0.242. The van der Waals surface area contributed by atoms with Crippen LogP contribution in [0.3, 0.4) is 0 Å². The van der Waals surface area contributed by atoms with Crippen molar-refractivity contribution in [2.45, 2.75) is 45.4 Å². The summed E-state index contributed by atoms with van der Waals surface area (Å²) in [6.07, 6.45) is 1.03. The van der Waals surface area contributed by atoms with Crippen LogP contribution in [0, 0.1) is 0 Å². The minimum absolute atomic E-state index is 0.323. The van der Waals surface area contributed by atoms with Crippen LogP contribution >= 0.6 is 19.3 Å². The molecule has 2 N–H and O–H groups in total. The van der Waals surface area contributed by atoms with Gasteiger partial charge in [0, 0.05) is 25.0 Å². The smallest absolute Gasteiger partial charge is 0.229 e. The third-order valence-corrected chi connectivity index (χ3v) is 10.7. The summed E-state index contributed by atoms with van der Waals surface area (Å²) in [5.41, 5.74) is 6.63. The zero-order valence-electron chi connectivity index (χ0n) is 21.8. The van der Waals surface area contributed by atoms with Gasteiger partial charge in [0.1, 0.15) is 5.75 Å². The van der Waals surface area contributed by atoms with Gasteiger partial charge in [-0.15, -0.1) is 11.3 Å². The Morgan fingerprint density at radius 1 is 1.00 bits per heavy atom. The second-order valence-electron chi connectivity index (χ2n) is 9.75. The highest BCUT2D eigenvalue weighted by Crippen LogP contribution is 2.47. The maximum absolute atomic E-state index is 5.72. The van der Waals surface area contributed by atoms with E-state index in [1.165, 1.54) is 16.6 Å². The number of rotatable bonds is 8. The number of ether oxygens (including phenoxy) is 1. The largest absolute Gasteiger partial charge is 0.495 e. The second-order valence-corrected chi connectivity index (χ2v) is 14.0. The number of likely N-dealkylation sites (N-methyl/N-ethyl adjacent to an activating group) is 1. The van der Waals surface area contributed by atoms with Crippen molar-refractivity contribution in [2.24, 2.45) is 0 Å². The normalized spacial score (nSPS) is 13.2. The van der Waals surface area contributed by atoms with Crippen LogP contribution in [0.25, 0.3) is 10.2 Å². The monoisotopic (exact) mass is 519 g/mol. The van der Waals surface area contributed by atoms with Crippen LogP contribution in [0.2, 0.25) is 0 Å². The first-order valence-corrected chi connectivity index (χ1v) is 14.8. The summed E-state index contributed by atoms with van der Waals surface area (Å²) in [4.78, 5) is 12.0. The van der Waals surface area contributed by atoms with E-state index in [9.17, 15) is 0 Å². The molecule has 8 heteroatoms. The van der Waals surface area contributed by atoms with E-state index in [0.29, 0.717) is 17.3 Å². The minimum atomic E-state index is -0.323. The molecule has 188 valence electrons. The SMILES string of the molecule is COc1cc2c(cc1Nc1nc(Nc3ccccc3P(C(C)C)C(C)C)c3sccc3n1)N(C)CC2. The zero-order chi connectivity index (χ0) is 25.4. The van der Waals surface area contributed by atoms with Crippen LogP contribution < -0.4 is 25.6 Å². The van der Waals surface area contributed by atoms with Crippen LogP contribution in [0.5, 0.6) is 5.75 Å². The van der Waals surface area contributed by atoms with Crippen molar-refractivity contribution in [3.05, 3.63) is 53.4 Å². The summed E-state index contributed by atoms with van der Waals surface area (Å²) in [6.45, 7) is 10.3. The molecule has 1 aliphatic rings. The van der Waals surface area contributed by atoms with Crippen LogP contribution in [0.15, 0.2) is 47.8 Å². The van der Waals surface area contributed by atoms with Gasteiger partial charge in [-0.3, -0.25) is 0 Å². The van der Waals surface area contributed by atoms with Gasteiger partial charge in [-0.2, -0.15) is 4.98 Å². The molecule has 0 saturated heterocycles. The van der Waals surface area contributed by atoms with E-state index in [2.05, 4.69) is 92.1 Å². The van der Waals surface area contributed by atoms with Crippen molar-refractivity contribution in [1.29, 1.82) is 0 Å². The summed E-state index contributed by atoms with van der Waals surface area (Å²) >= 11 is 1.66. The van der Waals surface area contributed by atoms with E-state index in [4.69, 9.17) is 14.7 Å². The number of thiophene rings is 1. The average Bonchev–Trinajstić information content (AvgIpc) is 3.46. The van der Waals surface area contributed by atoms with Gasteiger partial charge < -0.3 is 20.3 Å². The molecule has 0 aliphatic carbocycles. The molecule has 3 heterocycles. The number of fused-ring (bicyclic) bond motifs is 2. The Labute approximate surface area is 218 Å². The molecule has 36 heavy (non-hydrogen) atoms. The Balaban J connectivity index is 1.53. The fraction of sp³-hybridized carbons (Fsp3) is 0.357. The first kappa shape index (κ1) is 24.8. The molecule has 0 bridgehead atoms. The van der Waals surface area contributed by atoms with E-state index >= 15 is 0 Å². The fourth-order valence-electron chi connectivity index (χ4n) is 5.05. The van der Waals surface area contributed by atoms with Gasteiger partial charge in [0.2, 0.25) is 5.95 Å². The molecule has 0 fully saturated rings. The third-order valence-electron chi connectivity index (χ3n) is 6.63. The molecular weight excluding hydrogens is 485 g/mol. The number of nitrogens with zero attached hydrogens (tertiary/aromatic N) is 3. The standard InChI is InChI=1S/C28H34N5OPS/c1-17(2)35(18(3)4)25-10-8-7-9-20(25)29-27-26-21(12-14-36-26)30-28(32-27)31-22-16-23-19(11-13-33(23)5)15-24(22)34-6/h7-10,12,14-18H,11,13H2,1-6H3,(H2,29,30,31,32). The van der Waals surface area contributed by atoms with Crippen molar-refractivity contribution in [2.75, 3.05) is 36.2 Å². The van der Waals surface area contributed by atoms with Crippen LogP contribution in [-0.2, 0) is 6.42 Å². The molecule has 2 aromatic carbocycles. The Bertz CT molecular complexity index is 1380. The second kappa shape index (κ2) is 10.2. The highest BCUT2D eigenvalue weighted by Gasteiger charge is 2.23. The summed E-state index contributed by atoms with van der Waals surface area (Å²) in [6, 6.07) is 15.0. The molecule has 0 spiro atoms. The van der Waals surface area contributed by atoms with Crippen molar-refractivity contribution in [1.82, 2.24) is 9.97 Å². The first-order valence-electron chi connectivity index (χ1n) is 12.4. The molecule has 0 amide bonds. The lowest BCUT2D eigenvalue weighted by molar-refractivity contribution is 0.416. The van der Waals surface area contributed by atoms with Crippen LogP contribution in [-0.4, -0.2) is 42.0 Å². The van der Waals surface area contributed by atoms with E-state index < -0.39 is 0 Å². The molecule has 0 saturated carbocycles. The van der Waals surface area contributed by atoms with Gasteiger partial charge in [0.25, 0.3) is 0 Å². The van der Waals surface area contributed by atoms with Gasteiger partial charge in [-0.05, 0) is 58.3 Å². The van der Waals surface area contributed by atoms with Crippen LogP contribution in [0.1, 0.15) is 33.3 Å². The van der Waals surface area contributed by atoms with E-state index in [0.717, 1.165) is 46.1 Å². The third kappa shape index (κ3) is 4.74. The number of para-hydroxylation sites is 1. The van der Waals surface area contributed by atoms with Gasteiger partial charge in [-0.1, -0.05) is 53.8 Å². The van der Waals surface area contributed by atoms with Crippen molar-refractivity contribution in [3.8, 4) is 5.75 Å². The summed E-state index contributed by atoms with van der Waals surface area (Å²) in [5, 5.41) is 10.6. The van der Waals surface area contributed by atoms with Gasteiger partial charge in [-0.25, -0.2) is 4.98 Å². The maximum Gasteiger partial charge on any atom is 0.229 e. The minimum Gasteiger partial charge on any atom is -0.495 e. The van der Waals surface area contributed by atoms with Crippen molar-refractivity contribution >= 4 is 63.6 Å². The number of hydrogen-bond donors (Lipinski definition) is 2. The van der Waals surface area contributed by atoms with E-state index in [-0.39, 0.29) is 7.92 Å². The Morgan fingerprint density at radius 2 is 1.78 bits per heavy atom. The number of nitrogens with one attached hydrogen (secondary N) is 2. The molecule has 2 aromatic heterocycles. The molecule has 6 nitrogen and oxygen atoms in total. The highest BCUT2D eigenvalue weighted by molar-refractivity contribution is 7.67. The van der Waals surface area contributed by atoms with Gasteiger partial charge in [0.15, 0.2) is 5.82 Å². The number of hydrogen-bond acceptors (Lipinski definition) is 7. The van der Waals surface area contributed by atoms with Crippen LogP contribution in [0.4, 0.5) is 28.8 Å². The molecule has 0 radical (unpaired) electrons. The summed E-state index contributed by atoms with van der Waals surface area (Å²) in [7, 11) is 3.51. The highest BCUT2D eigenvalue weighted by atomic mass is 32.1. The lowest BCUT2D eigenvalue weighted by Crippen LogP contribution is -2.18. The molecule has 5 rings (SSSR count). The Hall–Kier alpha value is -2.89. The zero-order valence-corrected chi connectivity index (χ0v) is 23.5.